The van der Waals surface area contributed by atoms with Crippen LogP contribution in [0.2, 0.25) is 0 Å². The van der Waals surface area contributed by atoms with E-state index in [2.05, 4.69) is 13.8 Å². The summed E-state index contributed by atoms with van der Waals surface area (Å²) in [5, 5.41) is 18.4. The van der Waals surface area contributed by atoms with Crippen molar-refractivity contribution in [1.29, 1.82) is 0 Å². The highest BCUT2D eigenvalue weighted by Crippen LogP contribution is 2.28. The van der Waals surface area contributed by atoms with Crippen molar-refractivity contribution in [3.8, 4) is 11.5 Å². The summed E-state index contributed by atoms with van der Waals surface area (Å²) in [6, 6.07) is 4.64. The van der Waals surface area contributed by atoms with Crippen LogP contribution in [0.5, 0.6) is 11.5 Å². The summed E-state index contributed by atoms with van der Waals surface area (Å²) < 4.78 is 0. The zero-order chi connectivity index (χ0) is 10.7. The molecule has 0 aliphatic heterocycles. The first-order valence-corrected chi connectivity index (χ1v) is 4.78. The molecule has 15 heavy (non-hydrogen) atoms. The van der Waals surface area contributed by atoms with Crippen LogP contribution in [-0.4, -0.2) is 10.2 Å². The summed E-state index contributed by atoms with van der Waals surface area (Å²) in [4.78, 5) is 0. The molecule has 1 aromatic rings. The van der Waals surface area contributed by atoms with E-state index in [1.165, 1.54) is 12.1 Å². The van der Waals surface area contributed by atoms with Crippen LogP contribution >= 0.6 is 12.4 Å². The Hall–Kier alpha value is -0.930. The van der Waals surface area contributed by atoms with E-state index in [4.69, 9.17) is 10.8 Å². The second kappa shape index (κ2) is 5.83. The highest BCUT2D eigenvalue weighted by atomic mass is 35.5. The van der Waals surface area contributed by atoms with Crippen LogP contribution in [0.3, 0.4) is 0 Å². The van der Waals surface area contributed by atoms with Gasteiger partial charge in [0.25, 0.3) is 0 Å². The number of hydrogen-bond donors (Lipinski definition) is 3. The van der Waals surface area contributed by atoms with Crippen LogP contribution in [0.15, 0.2) is 18.2 Å². The molecule has 4 heteroatoms. The van der Waals surface area contributed by atoms with E-state index in [0.717, 1.165) is 12.0 Å². The number of nitrogens with two attached hydrogens (primary N) is 1. The van der Waals surface area contributed by atoms with Gasteiger partial charge in [-0.3, -0.25) is 0 Å². The molecule has 0 aromatic heterocycles. The Kier molecular flexibility index (Phi) is 5.47. The Bertz CT molecular complexity index is 315. The molecular formula is C11H18ClNO2. The first-order valence-electron chi connectivity index (χ1n) is 4.78. The van der Waals surface area contributed by atoms with E-state index >= 15 is 0 Å². The summed E-state index contributed by atoms with van der Waals surface area (Å²) in [5.74, 6) is 0.299. The van der Waals surface area contributed by atoms with Crippen LogP contribution in [-0.2, 0) is 0 Å². The largest absolute Gasteiger partial charge is 0.504 e. The third-order valence-electron chi connectivity index (χ3n) is 2.15. The van der Waals surface area contributed by atoms with Gasteiger partial charge in [-0.2, -0.15) is 0 Å². The molecule has 1 atom stereocenters. The fourth-order valence-electron chi connectivity index (χ4n) is 1.42. The predicted molar refractivity (Wildman–Crippen MR) is 63.4 cm³/mol. The Morgan fingerprint density at radius 3 is 2.27 bits per heavy atom. The number of phenolic OH excluding ortho intramolecular Hbond substituents is 2. The molecule has 0 saturated carbocycles. The SMILES string of the molecule is CC(C)C[C@H](N)c1ccc(O)c(O)c1.Cl. The lowest BCUT2D eigenvalue weighted by Gasteiger charge is -2.14. The molecule has 1 aromatic carbocycles. The molecule has 0 amide bonds. The highest BCUT2D eigenvalue weighted by Gasteiger charge is 2.10. The number of benzene rings is 1. The summed E-state index contributed by atoms with van der Waals surface area (Å²) in [6.07, 6.45) is 0.865. The Balaban J connectivity index is 0.00000196. The number of rotatable bonds is 3. The number of halogens is 1. The quantitative estimate of drug-likeness (QED) is 0.701. The molecule has 4 N–H and O–H groups in total. The minimum atomic E-state index is -0.110. The van der Waals surface area contributed by atoms with Gasteiger partial charge in [0.1, 0.15) is 0 Å². The number of phenols is 2. The van der Waals surface area contributed by atoms with Crippen molar-refractivity contribution in [3.05, 3.63) is 23.8 Å². The Morgan fingerprint density at radius 1 is 1.20 bits per heavy atom. The average molecular weight is 232 g/mol. The van der Waals surface area contributed by atoms with Gasteiger partial charge in [0.2, 0.25) is 0 Å². The van der Waals surface area contributed by atoms with E-state index in [1.54, 1.807) is 6.07 Å². The van der Waals surface area contributed by atoms with Crippen molar-refractivity contribution in [2.75, 3.05) is 0 Å². The second-order valence-corrected chi connectivity index (χ2v) is 3.98. The fraction of sp³-hybridized carbons (Fsp3) is 0.455. The van der Waals surface area contributed by atoms with Gasteiger partial charge in [-0.15, -0.1) is 12.4 Å². The van der Waals surface area contributed by atoms with E-state index in [1.807, 2.05) is 0 Å². The molecule has 3 nitrogen and oxygen atoms in total. The molecular weight excluding hydrogens is 214 g/mol. The van der Waals surface area contributed by atoms with Crippen molar-refractivity contribution in [2.24, 2.45) is 11.7 Å². The summed E-state index contributed by atoms with van der Waals surface area (Å²) in [5.41, 5.74) is 6.78. The molecule has 1 rings (SSSR count). The van der Waals surface area contributed by atoms with Crippen molar-refractivity contribution < 1.29 is 10.2 Å². The molecule has 0 unspecified atom stereocenters. The summed E-state index contributed by atoms with van der Waals surface area (Å²) in [6.45, 7) is 4.19. The first-order chi connectivity index (χ1) is 6.50. The standard InChI is InChI=1S/C11H17NO2.ClH/c1-7(2)5-9(12)8-3-4-10(13)11(14)6-8;/h3-4,6-7,9,13-14H,5,12H2,1-2H3;1H/t9-;/m0./s1. The van der Waals surface area contributed by atoms with Gasteiger partial charge >= 0.3 is 0 Å². The van der Waals surface area contributed by atoms with E-state index in [-0.39, 0.29) is 29.9 Å². The van der Waals surface area contributed by atoms with Crippen molar-refractivity contribution in [1.82, 2.24) is 0 Å². The van der Waals surface area contributed by atoms with E-state index < -0.39 is 0 Å². The average Bonchev–Trinajstić information content (AvgIpc) is 2.08. The summed E-state index contributed by atoms with van der Waals surface area (Å²) in [7, 11) is 0. The van der Waals surface area contributed by atoms with Crippen LogP contribution in [0.1, 0.15) is 31.9 Å². The lowest BCUT2D eigenvalue weighted by molar-refractivity contribution is 0.401. The second-order valence-electron chi connectivity index (χ2n) is 3.98. The van der Waals surface area contributed by atoms with Gasteiger partial charge in [-0.05, 0) is 30.0 Å². The normalized spacial score (nSPS) is 12.3. The molecule has 0 radical (unpaired) electrons. The maximum atomic E-state index is 9.28. The minimum absolute atomic E-state index is 0. The third kappa shape index (κ3) is 3.98. The van der Waals surface area contributed by atoms with Gasteiger partial charge in [0, 0.05) is 6.04 Å². The van der Waals surface area contributed by atoms with E-state index in [0.29, 0.717) is 5.92 Å². The van der Waals surface area contributed by atoms with E-state index in [9.17, 15) is 5.11 Å². The molecule has 0 bridgehead atoms. The van der Waals surface area contributed by atoms with Crippen LogP contribution in [0.25, 0.3) is 0 Å². The van der Waals surface area contributed by atoms with Gasteiger partial charge in [0.05, 0.1) is 0 Å². The van der Waals surface area contributed by atoms with Gasteiger partial charge in [-0.25, -0.2) is 0 Å². The molecule has 0 spiro atoms. The molecule has 0 aliphatic carbocycles. The third-order valence-corrected chi connectivity index (χ3v) is 2.15. The van der Waals surface area contributed by atoms with Crippen molar-refractivity contribution in [3.63, 3.8) is 0 Å². The summed E-state index contributed by atoms with van der Waals surface area (Å²) >= 11 is 0. The zero-order valence-electron chi connectivity index (χ0n) is 8.97. The Morgan fingerprint density at radius 2 is 1.80 bits per heavy atom. The molecule has 0 saturated heterocycles. The molecule has 0 heterocycles. The molecule has 86 valence electrons. The van der Waals surface area contributed by atoms with Crippen LogP contribution in [0.4, 0.5) is 0 Å². The molecule has 0 aliphatic rings. The maximum Gasteiger partial charge on any atom is 0.157 e. The number of hydrogen-bond acceptors (Lipinski definition) is 3. The highest BCUT2D eigenvalue weighted by molar-refractivity contribution is 5.85. The van der Waals surface area contributed by atoms with Gasteiger partial charge in [0.15, 0.2) is 11.5 Å². The predicted octanol–water partition coefficient (Wildman–Crippen LogP) is 2.57. The number of aromatic hydroxyl groups is 2. The van der Waals surface area contributed by atoms with Crippen LogP contribution < -0.4 is 5.73 Å². The smallest absolute Gasteiger partial charge is 0.157 e. The lowest BCUT2D eigenvalue weighted by atomic mass is 9.98. The van der Waals surface area contributed by atoms with Gasteiger partial charge < -0.3 is 15.9 Å². The van der Waals surface area contributed by atoms with Crippen molar-refractivity contribution >= 4 is 12.4 Å². The first kappa shape index (κ1) is 14.1. The molecule has 0 fully saturated rings. The minimum Gasteiger partial charge on any atom is -0.504 e. The van der Waals surface area contributed by atoms with Crippen molar-refractivity contribution in [2.45, 2.75) is 26.3 Å². The fourth-order valence-corrected chi connectivity index (χ4v) is 1.42. The lowest BCUT2D eigenvalue weighted by Crippen LogP contribution is -2.12. The zero-order valence-corrected chi connectivity index (χ0v) is 9.79. The topological polar surface area (TPSA) is 66.5 Å². The van der Waals surface area contributed by atoms with Gasteiger partial charge in [-0.1, -0.05) is 19.9 Å². The van der Waals surface area contributed by atoms with Crippen LogP contribution in [0, 0.1) is 5.92 Å². The monoisotopic (exact) mass is 231 g/mol. The Labute approximate surface area is 96.3 Å². The maximum absolute atomic E-state index is 9.28.